The Morgan fingerprint density at radius 1 is 1.20 bits per heavy atom. The van der Waals surface area contributed by atoms with Gasteiger partial charge in [-0.1, -0.05) is 23.7 Å². The van der Waals surface area contributed by atoms with Crippen LogP contribution in [0.2, 0.25) is 5.02 Å². The molecule has 1 aliphatic rings. The van der Waals surface area contributed by atoms with Gasteiger partial charge in [-0.15, -0.1) is 0 Å². The lowest BCUT2D eigenvalue weighted by atomic mass is 10.2. The van der Waals surface area contributed by atoms with E-state index >= 15 is 0 Å². The van der Waals surface area contributed by atoms with Gasteiger partial charge in [0.25, 0.3) is 5.91 Å². The van der Waals surface area contributed by atoms with Crippen molar-refractivity contribution in [2.24, 2.45) is 0 Å². The zero-order valence-electron chi connectivity index (χ0n) is 15.0. The number of quaternary nitrogens is 2. The van der Waals surface area contributed by atoms with Crippen molar-refractivity contribution in [3.8, 4) is 0 Å². The summed E-state index contributed by atoms with van der Waals surface area (Å²) in [4.78, 5) is 26.6. The van der Waals surface area contributed by atoms with Crippen LogP contribution in [0.3, 0.4) is 0 Å². The van der Waals surface area contributed by atoms with Crippen molar-refractivity contribution < 1.29 is 19.4 Å². The highest BCUT2D eigenvalue weighted by atomic mass is 35.5. The Balaban J connectivity index is 1.71. The number of piperazine rings is 1. The van der Waals surface area contributed by atoms with Crippen molar-refractivity contribution in [1.29, 1.82) is 0 Å². The van der Waals surface area contributed by atoms with Gasteiger partial charge in [-0.25, -0.2) is 0 Å². The van der Waals surface area contributed by atoms with Crippen LogP contribution in [-0.4, -0.2) is 57.1 Å². The van der Waals surface area contributed by atoms with E-state index in [1.165, 1.54) is 15.4 Å². The zero-order chi connectivity index (χ0) is 18.2. The number of carbonyl (C=O) groups is 2. The van der Waals surface area contributed by atoms with Gasteiger partial charge in [0.2, 0.25) is 5.91 Å². The summed E-state index contributed by atoms with van der Waals surface area (Å²) in [5.41, 5.74) is 1.25. The van der Waals surface area contributed by atoms with E-state index < -0.39 is 6.04 Å². The van der Waals surface area contributed by atoms with Gasteiger partial charge in [0.05, 0.1) is 0 Å². The Labute approximate surface area is 154 Å². The Bertz CT molecular complexity index is 588. The van der Waals surface area contributed by atoms with Crippen molar-refractivity contribution >= 4 is 23.4 Å². The molecule has 2 amide bonds. The number of nitrogens with one attached hydrogen (secondary N) is 4. The first kappa shape index (κ1) is 19.7. The van der Waals surface area contributed by atoms with Gasteiger partial charge in [-0.3, -0.25) is 9.59 Å². The molecule has 138 valence electrons. The molecule has 1 heterocycles. The van der Waals surface area contributed by atoms with E-state index in [1.807, 2.05) is 25.1 Å². The molecular weight excluding hydrogens is 340 g/mol. The topological polar surface area (TPSA) is 67.1 Å². The van der Waals surface area contributed by atoms with E-state index in [0.717, 1.165) is 37.7 Å². The van der Waals surface area contributed by atoms with Crippen molar-refractivity contribution in [2.45, 2.75) is 26.4 Å². The van der Waals surface area contributed by atoms with Crippen LogP contribution in [0.25, 0.3) is 0 Å². The molecule has 0 spiro atoms. The molecule has 4 N–H and O–H groups in total. The van der Waals surface area contributed by atoms with E-state index in [2.05, 4.69) is 16.7 Å². The molecule has 7 heteroatoms. The fraction of sp³-hybridized carbons (Fsp3) is 0.556. The number of hydrogen-bond donors (Lipinski definition) is 4. The van der Waals surface area contributed by atoms with Crippen molar-refractivity contribution in [2.75, 3.05) is 39.3 Å². The minimum Gasteiger partial charge on any atom is -0.355 e. The van der Waals surface area contributed by atoms with E-state index in [4.69, 9.17) is 11.6 Å². The molecule has 2 rings (SSSR count). The van der Waals surface area contributed by atoms with Crippen LogP contribution in [0.4, 0.5) is 0 Å². The van der Waals surface area contributed by atoms with Crippen molar-refractivity contribution in [1.82, 2.24) is 10.6 Å². The van der Waals surface area contributed by atoms with Crippen LogP contribution in [0.15, 0.2) is 24.3 Å². The third-order valence-electron chi connectivity index (χ3n) is 4.54. The molecule has 6 nitrogen and oxygen atoms in total. The standard InChI is InChI=1S/C18H27ClN4O2/c1-3-20-18(25)14(2)21-17(24)13-23-9-7-22(8-10-23)12-15-5-4-6-16(19)11-15/h4-6,11,14H,3,7-10,12-13H2,1-2H3,(H,20,25)(H,21,24)/p+2/t14-/m0/s1. The Morgan fingerprint density at radius 2 is 1.88 bits per heavy atom. The third kappa shape index (κ3) is 6.65. The second-order valence-electron chi connectivity index (χ2n) is 6.67. The van der Waals surface area contributed by atoms with Crippen molar-refractivity contribution in [3.63, 3.8) is 0 Å². The first-order valence-corrected chi connectivity index (χ1v) is 9.34. The second kappa shape index (κ2) is 9.75. The molecule has 0 unspecified atom stereocenters. The van der Waals surface area contributed by atoms with E-state index in [-0.39, 0.29) is 11.8 Å². The lowest BCUT2D eigenvalue weighted by Crippen LogP contribution is -3.28. The van der Waals surface area contributed by atoms with Gasteiger partial charge in [-0.2, -0.15) is 0 Å². The Kier molecular flexibility index (Phi) is 7.68. The molecule has 0 saturated carbocycles. The van der Waals surface area contributed by atoms with Gasteiger partial charge >= 0.3 is 0 Å². The lowest BCUT2D eigenvalue weighted by Gasteiger charge is -2.29. The molecule has 1 saturated heterocycles. The smallest absolute Gasteiger partial charge is 0.275 e. The van der Waals surface area contributed by atoms with Gasteiger partial charge in [0, 0.05) is 17.1 Å². The predicted octanol–water partition coefficient (Wildman–Crippen LogP) is -1.74. The molecule has 1 atom stereocenters. The van der Waals surface area contributed by atoms with Gasteiger partial charge in [0.1, 0.15) is 38.8 Å². The average molecular weight is 369 g/mol. The maximum Gasteiger partial charge on any atom is 0.275 e. The maximum absolute atomic E-state index is 12.1. The van der Waals surface area contributed by atoms with Crippen LogP contribution < -0.4 is 20.4 Å². The second-order valence-corrected chi connectivity index (χ2v) is 7.10. The summed E-state index contributed by atoms with van der Waals surface area (Å²) in [6.45, 7) is 9.51. The summed E-state index contributed by atoms with van der Waals surface area (Å²) in [5.74, 6) is -0.200. The summed E-state index contributed by atoms with van der Waals surface area (Å²) in [6, 6.07) is 7.52. The number of hydrogen-bond acceptors (Lipinski definition) is 2. The highest BCUT2D eigenvalue weighted by Crippen LogP contribution is 2.09. The largest absolute Gasteiger partial charge is 0.355 e. The maximum atomic E-state index is 12.1. The number of carbonyl (C=O) groups excluding carboxylic acids is 2. The molecule has 0 aliphatic carbocycles. The molecule has 0 radical (unpaired) electrons. The predicted molar refractivity (Wildman–Crippen MR) is 97.7 cm³/mol. The van der Waals surface area contributed by atoms with Crippen LogP contribution in [0, 0.1) is 0 Å². The van der Waals surface area contributed by atoms with E-state index in [9.17, 15) is 9.59 Å². The molecule has 1 aromatic carbocycles. The van der Waals surface area contributed by atoms with Crippen LogP contribution >= 0.6 is 11.6 Å². The minimum atomic E-state index is -0.485. The number of halogens is 1. The highest BCUT2D eigenvalue weighted by molar-refractivity contribution is 6.30. The monoisotopic (exact) mass is 368 g/mol. The number of benzene rings is 1. The molecule has 1 fully saturated rings. The fourth-order valence-electron chi connectivity index (χ4n) is 3.16. The molecule has 0 bridgehead atoms. The molecule has 1 aliphatic heterocycles. The van der Waals surface area contributed by atoms with Crippen molar-refractivity contribution in [3.05, 3.63) is 34.9 Å². The Morgan fingerprint density at radius 3 is 2.52 bits per heavy atom. The van der Waals surface area contributed by atoms with E-state index in [0.29, 0.717) is 13.1 Å². The van der Waals surface area contributed by atoms with Gasteiger partial charge < -0.3 is 20.4 Å². The number of amides is 2. The van der Waals surface area contributed by atoms with E-state index in [1.54, 1.807) is 6.92 Å². The van der Waals surface area contributed by atoms with Gasteiger partial charge in [-0.05, 0) is 26.0 Å². The summed E-state index contributed by atoms with van der Waals surface area (Å²) in [5, 5.41) is 6.27. The number of rotatable bonds is 7. The Hall–Kier alpha value is -1.63. The molecular formula is C18H29ClN4O2+2. The third-order valence-corrected chi connectivity index (χ3v) is 4.77. The van der Waals surface area contributed by atoms with Gasteiger partial charge in [0.15, 0.2) is 6.54 Å². The summed E-state index contributed by atoms with van der Waals surface area (Å²) in [6.07, 6.45) is 0. The SMILES string of the molecule is CCNC(=O)[C@H](C)NC(=O)C[NH+]1CC[NH+](Cc2cccc(Cl)c2)CC1. The lowest BCUT2D eigenvalue weighted by molar-refractivity contribution is -1.02. The summed E-state index contributed by atoms with van der Waals surface area (Å²) >= 11 is 6.04. The first-order valence-electron chi connectivity index (χ1n) is 8.96. The summed E-state index contributed by atoms with van der Waals surface area (Å²) < 4.78 is 0. The van der Waals surface area contributed by atoms with Crippen LogP contribution in [-0.2, 0) is 16.1 Å². The normalized spacial score (nSPS) is 21.4. The highest BCUT2D eigenvalue weighted by Gasteiger charge is 2.26. The van der Waals surface area contributed by atoms with Crippen LogP contribution in [0.1, 0.15) is 19.4 Å². The average Bonchev–Trinajstić information content (AvgIpc) is 2.57. The zero-order valence-corrected chi connectivity index (χ0v) is 15.8. The molecule has 25 heavy (non-hydrogen) atoms. The number of likely N-dealkylation sites (N-methyl/N-ethyl adjacent to an activating group) is 1. The summed E-state index contributed by atoms with van der Waals surface area (Å²) in [7, 11) is 0. The molecule has 1 aromatic rings. The van der Waals surface area contributed by atoms with Crippen LogP contribution in [0.5, 0.6) is 0 Å². The minimum absolute atomic E-state index is 0.0629. The fourth-order valence-corrected chi connectivity index (χ4v) is 3.37. The first-order chi connectivity index (χ1) is 12.0. The molecule has 0 aromatic heterocycles. The quantitative estimate of drug-likeness (QED) is 0.462.